The molecule has 0 N–H and O–H groups in total. The van der Waals surface area contributed by atoms with Gasteiger partial charge in [-0.15, -0.1) is 0 Å². The molecule has 0 amide bonds. The normalized spacial score (nSPS) is 13.2. The number of methoxy groups -OCH3 is 1. The largest absolute Gasteiger partial charge is 0.497 e. The Morgan fingerprint density at radius 1 is 1.26 bits per heavy atom. The number of halogens is 1. The highest BCUT2D eigenvalue weighted by Crippen LogP contribution is 2.30. The van der Waals surface area contributed by atoms with Crippen LogP contribution in [0.4, 0.5) is 0 Å². The van der Waals surface area contributed by atoms with Gasteiger partial charge in [-0.05, 0) is 48.1 Å². The highest BCUT2D eigenvalue weighted by atomic mass is 35.5. The number of ketones is 1. The molecule has 0 bridgehead atoms. The average Bonchev–Trinajstić information content (AvgIpc) is 2.59. The third kappa shape index (κ3) is 3.46. The van der Waals surface area contributed by atoms with Gasteiger partial charge in [0.2, 0.25) is 0 Å². The molecule has 1 aliphatic heterocycles. The molecule has 0 aromatic heterocycles. The van der Waals surface area contributed by atoms with Crippen molar-refractivity contribution in [2.24, 2.45) is 0 Å². The predicted molar refractivity (Wildman–Crippen MR) is 91.4 cm³/mol. The Morgan fingerprint density at radius 2 is 2.09 bits per heavy atom. The molecule has 0 spiro atoms. The topological polar surface area (TPSA) is 35.5 Å². The van der Waals surface area contributed by atoms with Crippen molar-refractivity contribution in [3.05, 3.63) is 76.3 Å². The van der Waals surface area contributed by atoms with Crippen molar-refractivity contribution >= 4 is 23.5 Å². The van der Waals surface area contributed by atoms with E-state index >= 15 is 0 Å². The van der Waals surface area contributed by atoms with Crippen molar-refractivity contribution in [3.8, 4) is 11.5 Å². The third-order valence-corrected chi connectivity index (χ3v) is 3.87. The standard InChI is InChI=1S/C19H15ClO3/c1-22-15-7-9-19-14(11-15)10-13(12-23-19)6-8-18(21)16-4-2-3-5-17(16)20/h2-11H,12H2,1H3/b8-6+. The first-order valence-corrected chi connectivity index (χ1v) is 7.53. The van der Waals surface area contributed by atoms with Gasteiger partial charge in [0.05, 0.1) is 12.1 Å². The number of carbonyl (C=O) groups excluding carboxylic acids is 1. The zero-order valence-electron chi connectivity index (χ0n) is 12.6. The summed E-state index contributed by atoms with van der Waals surface area (Å²) in [5.74, 6) is 1.44. The molecule has 0 fully saturated rings. The number of carbonyl (C=O) groups is 1. The van der Waals surface area contributed by atoms with E-state index in [9.17, 15) is 4.79 Å². The monoisotopic (exact) mass is 326 g/mol. The molecule has 2 aromatic rings. The molecule has 0 unspecified atom stereocenters. The molecule has 3 nitrogen and oxygen atoms in total. The molecule has 3 rings (SSSR count). The molecular weight excluding hydrogens is 312 g/mol. The van der Waals surface area contributed by atoms with E-state index < -0.39 is 0 Å². The number of fused-ring (bicyclic) bond motifs is 1. The van der Waals surface area contributed by atoms with Crippen LogP contribution in [-0.2, 0) is 0 Å². The van der Waals surface area contributed by atoms with Crippen molar-refractivity contribution in [3.63, 3.8) is 0 Å². The van der Waals surface area contributed by atoms with Crippen LogP contribution in [0.1, 0.15) is 15.9 Å². The molecule has 0 aliphatic carbocycles. The van der Waals surface area contributed by atoms with Gasteiger partial charge in [0, 0.05) is 11.1 Å². The summed E-state index contributed by atoms with van der Waals surface area (Å²) < 4.78 is 10.9. The number of hydrogen-bond donors (Lipinski definition) is 0. The second-order valence-corrected chi connectivity index (χ2v) is 5.50. The van der Waals surface area contributed by atoms with Gasteiger partial charge >= 0.3 is 0 Å². The average molecular weight is 327 g/mol. The van der Waals surface area contributed by atoms with E-state index in [0.717, 1.165) is 22.6 Å². The fourth-order valence-corrected chi connectivity index (χ4v) is 2.56. The SMILES string of the molecule is COc1ccc2c(c1)C=C(/C=C/C(=O)c1ccccc1Cl)CO2. The Bertz CT molecular complexity index is 806. The number of hydrogen-bond acceptors (Lipinski definition) is 3. The van der Waals surface area contributed by atoms with E-state index in [1.807, 2.05) is 24.3 Å². The summed E-state index contributed by atoms with van der Waals surface area (Å²) in [5, 5.41) is 0.450. The van der Waals surface area contributed by atoms with E-state index in [0.29, 0.717) is 17.2 Å². The van der Waals surface area contributed by atoms with E-state index in [4.69, 9.17) is 21.1 Å². The van der Waals surface area contributed by atoms with Gasteiger partial charge in [-0.1, -0.05) is 29.8 Å². The minimum Gasteiger partial charge on any atom is -0.497 e. The number of ether oxygens (including phenoxy) is 2. The van der Waals surface area contributed by atoms with E-state index in [1.165, 1.54) is 6.08 Å². The van der Waals surface area contributed by atoms with Crippen LogP contribution in [0, 0.1) is 0 Å². The van der Waals surface area contributed by atoms with Crippen LogP contribution in [0.3, 0.4) is 0 Å². The second-order valence-electron chi connectivity index (χ2n) is 5.09. The lowest BCUT2D eigenvalue weighted by atomic mass is 10.1. The first-order valence-electron chi connectivity index (χ1n) is 7.16. The van der Waals surface area contributed by atoms with Crippen LogP contribution in [0.2, 0.25) is 5.02 Å². The summed E-state index contributed by atoms with van der Waals surface area (Å²) in [5.41, 5.74) is 2.33. The lowest BCUT2D eigenvalue weighted by Crippen LogP contribution is -2.06. The van der Waals surface area contributed by atoms with Gasteiger partial charge in [-0.3, -0.25) is 4.79 Å². The molecule has 0 saturated carbocycles. The zero-order chi connectivity index (χ0) is 16.2. The Kier molecular flexibility index (Phi) is 4.49. The van der Waals surface area contributed by atoms with Crippen molar-refractivity contribution < 1.29 is 14.3 Å². The molecule has 0 radical (unpaired) electrons. The molecular formula is C19H15ClO3. The third-order valence-electron chi connectivity index (χ3n) is 3.54. The molecule has 1 heterocycles. The second kappa shape index (κ2) is 6.71. The van der Waals surface area contributed by atoms with Crippen LogP contribution < -0.4 is 9.47 Å². The summed E-state index contributed by atoms with van der Waals surface area (Å²) in [6.07, 6.45) is 5.26. The first kappa shape index (κ1) is 15.4. The maximum Gasteiger partial charge on any atom is 0.187 e. The summed E-state index contributed by atoms with van der Waals surface area (Å²) in [6.45, 7) is 0.422. The van der Waals surface area contributed by atoms with Crippen molar-refractivity contribution in [2.75, 3.05) is 13.7 Å². The van der Waals surface area contributed by atoms with Crippen LogP contribution in [-0.4, -0.2) is 19.5 Å². The van der Waals surface area contributed by atoms with Gasteiger partial charge in [-0.25, -0.2) is 0 Å². The smallest absolute Gasteiger partial charge is 0.187 e. The Hall–Kier alpha value is -2.52. The molecule has 0 saturated heterocycles. The highest BCUT2D eigenvalue weighted by Gasteiger charge is 2.11. The zero-order valence-corrected chi connectivity index (χ0v) is 13.3. The minimum atomic E-state index is -0.132. The molecule has 0 atom stereocenters. The Morgan fingerprint density at radius 3 is 2.87 bits per heavy atom. The summed E-state index contributed by atoms with van der Waals surface area (Å²) in [7, 11) is 1.62. The molecule has 116 valence electrons. The first-order chi connectivity index (χ1) is 11.2. The van der Waals surface area contributed by atoms with Crippen LogP contribution in [0.25, 0.3) is 6.08 Å². The van der Waals surface area contributed by atoms with E-state index in [1.54, 1.807) is 37.5 Å². The number of rotatable bonds is 4. The molecule has 2 aromatic carbocycles. The van der Waals surface area contributed by atoms with Crippen LogP contribution in [0.5, 0.6) is 11.5 Å². The lowest BCUT2D eigenvalue weighted by Gasteiger charge is -2.16. The highest BCUT2D eigenvalue weighted by molar-refractivity contribution is 6.34. The minimum absolute atomic E-state index is 0.132. The number of allylic oxidation sites excluding steroid dienone is 1. The van der Waals surface area contributed by atoms with Gasteiger partial charge < -0.3 is 9.47 Å². The van der Waals surface area contributed by atoms with E-state index in [2.05, 4.69) is 0 Å². The van der Waals surface area contributed by atoms with Crippen LogP contribution >= 0.6 is 11.6 Å². The van der Waals surface area contributed by atoms with Crippen molar-refractivity contribution in [1.29, 1.82) is 0 Å². The molecule has 1 aliphatic rings. The Balaban J connectivity index is 1.81. The van der Waals surface area contributed by atoms with Crippen LogP contribution in [0.15, 0.2) is 60.2 Å². The maximum atomic E-state index is 12.2. The maximum absolute atomic E-state index is 12.2. The predicted octanol–water partition coefficient (Wildman–Crippen LogP) is 4.56. The lowest BCUT2D eigenvalue weighted by molar-refractivity contribution is 0.104. The summed E-state index contributed by atoms with van der Waals surface area (Å²) in [6, 6.07) is 12.6. The summed E-state index contributed by atoms with van der Waals surface area (Å²) in [4.78, 5) is 12.2. The fraction of sp³-hybridized carbons (Fsp3) is 0.105. The van der Waals surface area contributed by atoms with Gasteiger partial charge in [0.25, 0.3) is 0 Å². The number of benzene rings is 2. The quantitative estimate of drug-likeness (QED) is 0.610. The van der Waals surface area contributed by atoms with Crippen molar-refractivity contribution in [1.82, 2.24) is 0 Å². The van der Waals surface area contributed by atoms with Crippen molar-refractivity contribution in [2.45, 2.75) is 0 Å². The van der Waals surface area contributed by atoms with Gasteiger partial charge in [0.1, 0.15) is 18.1 Å². The molecule has 23 heavy (non-hydrogen) atoms. The van der Waals surface area contributed by atoms with E-state index in [-0.39, 0.29) is 5.78 Å². The molecule has 4 heteroatoms. The van der Waals surface area contributed by atoms with Gasteiger partial charge in [-0.2, -0.15) is 0 Å². The summed E-state index contributed by atoms with van der Waals surface area (Å²) >= 11 is 6.03. The van der Waals surface area contributed by atoms with Gasteiger partial charge in [0.15, 0.2) is 5.78 Å². The fourth-order valence-electron chi connectivity index (χ4n) is 2.33. The Labute approximate surface area is 139 Å².